The van der Waals surface area contributed by atoms with Gasteiger partial charge in [-0.25, -0.2) is 0 Å². The summed E-state index contributed by atoms with van der Waals surface area (Å²) < 4.78 is 86.5. The van der Waals surface area contributed by atoms with E-state index in [4.69, 9.17) is 8.85 Å². The Morgan fingerprint density at radius 2 is 1.12 bits per heavy atom. The number of hydrogen-bond donors (Lipinski definition) is 2. The summed E-state index contributed by atoms with van der Waals surface area (Å²) in [5, 5.41) is 0. The van der Waals surface area contributed by atoms with Crippen molar-refractivity contribution in [1.29, 1.82) is 0 Å². The molecule has 0 amide bonds. The Hall–Kier alpha value is 0.0706. The van der Waals surface area contributed by atoms with Crippen LogP contribution >= 0.6 is 0 Å². The molecule has 0 aromatic heterocycles. The Balaban J connectivity index is 5.41. The number of hydrogen-bond acceptors (Lipinski definition) is 4. The van der Waals surface area contributed by atoms with Crippen molar-refractivity contribution < 1.29 is 44.8 Å². The standard InChI is InChI=1S/C12H26F6O4Si3/c1-23(2,19)9-22-25(7-5-11(13,14)15,8-6-12(16,17)18)10-21-24(3,4)20/h19-20H,5-10H2,1-4H3. The second-order valence-electron chi connectivity index (χ2n) is 7.25. The van der Waals surface area contributed by atoms with Gasteiger partial charge < -0.3 is 18.4 Å². The quantitative estimate of drug-likeness (QED) is 0.407. The van der Waals surface area contributed by atoms with Crippen LogP contribution in [0.4, 0.5) is 26.3 Å². The van der Waals surface area contributed by atoms with Crippen molar-refractivity contribution in [3.63, 3.8) is 0 Å². The van der Waals surface area contributed by atoms with Crippen LogP contribution in [-0.4, -0.2) is 59.6 Å². The molecule has 0 aliphatic heterocycles. The van der Waals surface area contributed by atoms with Crippen molar-refractivity contribution in [3.8, 4) is 0 Å². The second kappa shape index (κ2) is 8.84. The molecule has 0 bridgehead atoms. The van der Waals surface area contributed by atoms with Gasteiger partial charge in [-0.05, 0) is 38.3 Å². The molecule has 13 heteroatoms. The van der Waals surface area contributed by atoms with Crippen LogP contribution in [0.3, 0.4) is 0 Å². The minimum Gasteiger partial charge on any atom is -0.430 e. The maximum absolute atomic E-state index is 12.6. The maximum atomic E-state index is 12.6. The van der Waals surface area contributed by atoms with E-state index in [1.54, 1.807) is 0 Å². The zero-order valence-electron chi connectivity index (χ0n) is 14.7. The third-order valence-electron chi connectivity index (χ3n) is 3.15. The monoisotopic (exact) mass is 432 g/mol. The fraction of sp³-hybridized carbons (Fsp3) is 1.00. The highest BCUT2D eigenvalue weighted by molar-refractivity contribution is 6.77. The largest absolute Gasteiger partial charge is 0.430 e. The van der Waals surface area contributed by atoms with Gasteiger partial charge in [0, 0.05) is 12.8 Å². The zero-order valence-corrected chi connectivity index (χ0v) is 17.7. The van der Waals surface area contributed by atoms with Crippen molar-refractivity contribution in [1.82, 2.24) is 0 Å². The smallest absolute Gasteiger partial charge is 0.388 e. The summed E-state index contributed by atoms with van der Waals surface area (Å²) in [6, 6.07) is -1.22. The molecule has 0 atom stereocenters. The van der Waals surface area contributed by atoms with Gasteiger partial charge in [-0.2, -0.15) is 26.3 Å². The normalized spacial score (nSPS) is 14.9. The van der Waals surface area contributed by atoms with E-state index in [0.29, 0.717) is 0 Å². The summed E-state index contributed by atoms with van der Waals surface area (Å²) in [6.45, 7) is 5.69. The first-order valence-electron chi connectivity index (χ1n) is 7.69. The molecule has 0 rings (SSSR count). The van der Waals surface area contributed by atoms with Gasteiger partial charge in [0.05, 0.1) is 12.5 Å². The van der Waals surface area contributed by atoms with E-state index in [1.807, 2.05) is 0 Å². The fourth-order valence-corrected chi connectivity index (χ4v) is 9.32. The number of halogens is 6. The zero-order chi connectivity index (χ0) is 20.2. The van der Waals surface area contributed by atoms with E-state index < -0.39 is 68.7 Å². The van der Waals surface area contributed by atoms with Gasteiger partial charge in [0.25, 0.3) is 0 Å². The van der Waals surface area contributed by atoms with Crippen LogP contribution in [0.25, 0.3) is 0 Å². The molecule has 0 heterocycles. The molecule has 25 heavy (non-hydrogen) atoms. The Morgan fingerprint density at radius 3 is 1.40 bits per heavy atom. The van der Waals surface area contributed by atoms with Gasteiger partial charge in [0.1, 0.15) is 0 Å². The first-order valence-corrected chi connectivity index (χ1v) is 16.2. The molecule has 0 saturated heterocycles. The van der Waals surface area contributed by atoms with Gasteiger partial charge in [0.2, 0.25) is 16.6 Å². The average molecular weight is 433 g/mol. The van der Waals surface area contributed by atoms with E-state index in [9.17, 15) is 35.9 Å². The van der Waals surface area contributed by atoms with Crippen LogP contribution in [0.5, 0.6) is 0 Å². The minimum absolute atomic E-state index is 0.272. The van der Waals surface area contributed by atoms with Gasteiger partial charge >= 0.3 is 20.9 Å². The van der Waals surface area contributed by atoms with E-state index in [2.05, 4.69) is 0 Å². The van der Waals surface area contributed by atoms with Crippen LogP contribution in [0.15, 0.2) is 0 Å². The molecule has 0 radical (unpaired) electrons. The van der Waals surface area contributed by atoms with Crippen LogP contribution in [0.2, 0.25) is 38.3 Å². The fourth-order valence-electron chi connectivity index (χ4n) is 1.83. The Kier molecular flexibility index (Phi) is 8.86. The van der Waals surface area contributed by atoms with E-state index in [-0.39, 0.29) is 6.23 Å². The van der Waals surface area contributed by atoms with Crippen molar-refractivity contribution in [2.45, 2.75) is 63.5 Å². The lowest BCUT2D eigenvalue weighted by Crippen LogP contribution is -2.52. The molecule has 0 aromatic rings. The lowest BCUT2D eigenvalue weighted by Gasteiger charge is -2.35. The molecule has 2 N–H and O–H groups in total. The number of rotatable bonds is 10. The maximum Gasteiger partial charge on any atom is 0.388 e. The average Bonchev–Trinajstić information content (AvgIpc) is 2.33. The predicted octanol–water partition coefficient (Wildman–Crippen LogP) is 3.84. The van der Waals surface area contributed by atoms with Crippen molar-refractivity contribution in [3.05, 3.63) is 0 Å². The molecule has 0 fully saturated rings. The van der Waals surface area contributed by atoms with E-state index in [1.165, 1.54) is 26.2 Å². The van der Waals surface area contributed by atoms with Gasteiger partial charge in [-0.1, -0.05) is 0 Å². The summed E-state index contributed by atoms with van der Waals surface area (Å²) in [7, 11) is -9.65. The lowest BCUT2D eigenvalue weighted by molar-refractivity contribution is -0.132. The lowest BCUT2D eigenvalue weighted by atomic mass is 10.5. The molecule has 0 aromatic carbocycles. The summed E-state index contributed by atoms with van der Waals surface area (Å²) in [5.74, 6) is 0. The van der Waals surface area contributed by atoms with Gasteiger partial charge in [0.15, 0.2) is 0 Å². The van der Waals surface area contributed by atoms with E-state index in [0.717, 1.165) is 0 Å². The molecule has 4 nitrogen and oxygen atoms in total. The summed E-state index contributed by atoms with van der Waals surface area (Å²) >= 11 is 0. The van der Waals surface area contributed by atoms with Crippen molar-refractivity contribution in [2.24, 2.45) is 0 Å². The third kappa shape index (κ3) is 14.9. The SMILES string of the molecule is C[Si](C)(O)CO[Si](CCC(F)(F)F)(CCC(F)(F)F)CO[Si](C)(C)O. The second-order valence-corrected chi connectivity index (χ2v) is 18.3. The molecule has 0 aliphatic rings. The van der Waals surface area contributed by atoms with Crippen molar-refractivity contribution in [2.75, 3.05) is 12.5 Å². The highest BCUT2D eigenvalue weighted by Gasteiger charge is 2.45. The summed E-state index contributed by atoms with van der Waals surface area (Å²) in [6.07, 6.45) is -12.4. The third-order valence-corrected chi connectivity index (χ3v) is 9.18. The Labute approximate surface area is 146 Å². The molecule has 0 aliphatic carbocycles. The van der Waals surface area contributed by atoms with Crippen LogP contribution in [0, 0.1) is 0 Å². The van der Waals surface area contributed by atoms with Crippen LogP contribution in [-0.2, 0) is 8.85 Å². The predicted molar refractivity (Wildman–Crippen MR) is 88.0 cm³/mol. The summed E-state index contributed by atoms with van der Waals surface area (Å²) in [5.41, 5.74) is 0. The molecule has 0 unspecified atom stereocenters. The first kappa shape index (κ1) is 25.1. The number of alkyl halides is 6. The molecule has 0 spiro atoms. The van der Waals surface area contributed by atoms with E-state index >= 15 is 0 Å². The molecule has 0 saturated carbocycles. The van der Waals surface area contributed by atoms with Crippen LogP contribution in [0.1, 0.15) is 12.8 Å². The highest BCUT2D eigenvalue weighted by atomic mass is 28.4. The first-order chi connectivity index (χ1) is 10.8. The van der Waals surface area contributed by atoms with Crippen LogP contribution < -0.4 is 0 Å². The summed E-state index contributed by atoms with van der Waals surface area (Å²) in [4.78, 5) is 19.6. The topological polar surface area (TPSA) is 58.9 Å². The van der Waals surface area contributed by atoms with Crippen molar-refractivity contribution >= 4 is 25.2 Å². The Bertz CT molecular complexity index is 326. The van der Waals surface area contributed by atoms with Gasteiger partial charge in [-0.3, -0.25) is 0 Å². The highest BCUT2D eigenvalue weighted by Crippen LogP contribution is 2.34. The molecular weight excluding hydrogens is 406 g/mol. The minimum atomic E-state index is -4.54. The van der Waals surface area contributed by atoms with Gasteiger partial charge in [-0.15, -0.1) is 0 Å². The Morgan fingerprint density at radius 1 is 0.720 bits per heavy atom. The molecule has 152 valence electrons. The molecular formula is C12H26F6O4Si3.